The van der Waals surface area contributed by atoms with Crippen LogP contribution in [0, 0.1) is 11.3 Å². The maximum atomic E-state index is 11.5. The van der Waals surface area contributed by atoms with E-state index in [-0.39, 0.29) is 5.91 Å². The first kappa shape index (κ1) is 15.7. The van der Waals surface area contributed by atoms with Crippen molar-refractivity contribution >= 4 is 12.0 Å². The predicted octanol–water partition coefficient (Wildman–Crippen LogP) is 2.28. The van der Waals surface area contributed by atoms with E-state index >= 15 is 0 Å². The zero-order valence-corrected chi connectivity index (χ0v) is 11.6. The van der Waals surface area contributed by atoms with E-state index in [9.17, 15) is 4.79 Å². The third-order valence-corrected chi connectivity index (χ3v) is 2.36. The van der Waals surface area contributed by atoms with Crippen LogP contribution in [0.5, 0.6) is 0 Å². The van der Waals surface area contributed by atoms with Crippen molar-refractivity contribution in [2.24, 2.45) is 0 Å². The molecule has 0 aliphatic rings. The molecule has 0 heterocycles. The van der Waals surface area contributed by atoms with Crippen molar-refractivity contribution in [1.82, 2.24) is 5.32 Å². The fourth-order valence-corrected chi connectivity index (χ4v) is 1.39. The van der Waals surface area contributed by atoms with Crippen molar-refractivity contribution < 1.29 is 9.53 Å². The monoisotopic (exact) mass is 270 g/mol. The van der Waals surface area contributed by atoms with E-state index in [1.807, 2.05) is 13.0 Å². The lowest BCUT2D eigenvalue weighted by atomic mass is 10.1. The van der Waals surface area contributed by atoms with Gasteiger partial charge in [-0.15, -0.1) is 0 Å². The second-order valence-corrected chi connectivity index (χ2v) is 4.37. The van der Waals surface area contributed by atoms with E-state index in [1.54, 1.807) is 30.3 Å². The minimum atomic E-state index is -0.173. The molecule has 1 amide bonds. The minimum Gasteiger partial charge on any atom is -0.375 e. The number of nitriles is 1. The van der Waals surface area contributed by atoms with Gasteiger partial charge in [-0.05, 0) is 30.7 Å². The van der Waals surface area contributed by atoms with Gasteiger partial charge < -0.3 is 10.1 Å². The molecule has 0 bridgehead atoms. The Hall–Kier alpha value is -2.38. The molecule has 0 unspecified atom stereocenters. The number of hydrogen-bond acceptors (Lipinski definition) is 3. The summed E-state index contributed by atoms with van der Waals surface area (Å²) in [6.45, 7) is 7.04. The smallest absolute Gasteiger partial charge is 0.244 e. The van der Waals surface area contributed by atoms with E-state index in [0.717, 1.165) is 11.1 Å². The number of nitrogens with one attached hydrogen (secondary N) is 1. The fourth-order valence-electron chi connectivity index (χ4n) is 1.39. The Morgan fingerprint density at radius 1 is 1.45 bits per heavy atom. The maximum Gasteiger partial charge on any atom is 0.244 e. The van der Waals surface area contributed by atoms with Crippen molar-refractivity contribution in [2.75, 3.05) is 19.8 Å². The lowest BCUT2D eigenvalue weighted by molar-refractivity contribution is -0.116. The van der Waals surface area contributed by atoms with Crippen LogP contribution in [-0.2, 0) is 9.53 Å². The zero-order valence-electron chi connectivity index (χ0n) is 11.6. The summed E-state index contributed by atoms with van der Waals surface area (Å²) in [5.74, 6) is -0.173. The van der Waals surface area contributed by atoms with E-state index in [2.05, 4.69) is 11.9 Å². The second-order valence-electron chi connectivity index (χ2n) is 4.37. The third-order valence-electron chi connectivity index (χ3n) is 2.36. The Kier molecular flexibility index (Phi) is 6.80. The molecule has 0 saturated carbocycles. The normalized spacial score (nSPS) is 10.2. The summed E-state index contributed by atoms with van der Waals surface area (Å²) < 4.78 is 5.26. The van der Waals surface area contributed by atoms with Crippen LogP contribution in [0.4, 0.5) is 0 Å². The number of carbonyl (C=O) groups is 1. The average Bonchev–Trinajstić information content (AvgIpc) is 2.45. The summed E-state index contributed by atoms with van der Waals surface area (Å²) in [6.07, 6.45) is 3.16. The van der Waals surface area contributed by atoms with Gasteiger partial charge in [0.25, 0.3) is 0 Å². The predicted molar refractivity (Wildman–Crippen MR) is 78.8 cm³/mol. The SMILES string of the molecule is C=C(C)COCCNC(=O)/C=C/c1ccc(C#N)cc1. The molecular weight excluding hydrogens is 252 g/mol. The van der Waals surface area contributed by atoms with Gasteiger partial charge in [0.2, 0.25) is 5.91 Å². The summed E-state index contributed by atoms with van der Waals surface area (Å²) in [6, 6.07) is 9.05. The maximum absolute atomic E-state index is 11.5. The van der Waals surface area contributed by atoms with Gasteiger partial charge in [0, 0.05) is 12.6 Å². The molecule has 0 atom stereocenters. The Labute approximate surface area is 119 Å². The van der Waals surface area contributed by atoms with Crippen LogP contribution in [0.15, 0.2) is 42.5 Å². The second kappa shape index (κ2) is 8.68. The Bertz CT molecular complexity index is 524. The van der Waals surface area contributed by atoms with Gasteiger partial charge in [-0.25, -0.2) is 0 Å². The molecule has 1 N–H and O–H groups in total. The molecule has 0 aliphatic heterocycles. The van der Waals surface area contributed by atoms with Crippen LogP contribution in [0.2, 0.25) is 0 Å². The van der Waals surface area contributed by atoms with Crippen molar-refractivity contribution in [2.45, 2.75) is 6.92 Å². The molecule has 104 valence electrons. The standard InChI is InChI=1S/C16H18N2O2/c1-13(2)12-20-10-9-18-16(19)8-7-14-3-5-15(11-17)6-4-14/h3-8H,1,9-10,12H2,2H3,(H,18,19)/b8-7+. The molecule has 0 radical (unpaired) electrons. The van der Waals surface area contributed by atoms with Gasteiger partial charge in [-0.1, -0.05) is 24.3 Å². The zero-order chi connectivity index (χ0) is 14.8. The largest absolute Gasteiger partial charge is 0.375 e. The van der Waals surface area contributed by atoms with Crippen LogP contribution < -0.4 is 5.32 Å². The number of benzene rings is 1. The van der Waals surface area contributed by atoms with Crippen molar-refractivity contribution in [3.63, 3.8) is 0 Å². The van der Waals surface area contributed by atoms with E-state index in [0.29, 0.717) is 25.3 Å². The highest BCUT2D eigenvalue weighted by atomic mass is 16.5. The highest BCUT2D eigenvalue weighted by Gasteiger charge is 1.95. The first-order valence-corrected chi connectivity index (χ1v) is 6.30. The number of nitrogens with zero attached hydrogens (tertiary/aromatic N) is 1. The van der Waals surface area contributed by atoms with E-state index < -0.39 is 0 Å². The van der Waals surface area contributed by atoms with E-state index in [4.69, 9.17) is 10.00 Å². The fraction of sp³-hybridized carbons (Fsp3) is 0.250. The molecule has 0 aliphatic carbocycles. The van der Waals surface area contributed by atoms with Gasteiger partial charge in [0.15, 0.2) is 0 Å². The number of hydrogen-bond donors (Lipinski definition) is 1. The number of amides is 1. The van der Waals surface area contributed by atoms with Crippen LogP contribution in [0.1, 0.15) is 18.1 Å². The van der Waals surface area contributed by atoms with Gasteiger partial charge in [0.05, 0.1) is 24.8 Å². The third kappa shape index (κ3) is 6.53. The Morgan fingerprint density at radius 3 is 2.75 bits per heavy atom. The van der Waals surface area contributed by atoms with Crippen LogP contribution >= 0.6 is 0 Å². The van der Waals surface area contributed by atoms with Crippen LogP contribution in [0.3, 0.4) is 0 Å². The highest BCUT2D eigenvalue weighted by Crippen LogP contribution is 2.04. The molecule has 4 nitrogen and oxygen atoms in total. The summed E-state index contributed by atoms with van der Waals surface area (Å²) in [7, 11) is 0. The summed E-state index contributed by atoms with van der Waals surface area (Å²) in [5.41, 5.74) is 2.43. The molecule has 0 saturated heterocycles. The first-order valence-electron chi connectivity index (χ1n) is 6.30. The van der Waals surface area contributed by atoms with Crippen LogP contribution in [-0.4, -0.2) is 25.7 Å². The Balaban J connectivity index is 2.29. The van der Waals surface area contributed by atoms with Crippen molar-refractivity contribution in [3.8, 4) is 6.07 Å². The quantitative estimate of drug-likeness (QED) is 0.469. The molecule has 4 heteroatoms. The van der Waals surface area contributed by atoms with Gasteiger partial charge in [-0.2, -0.15) is 5.26 Å². The topological polar surface area (TPSA) is 62.1 Å². The summed E-state index contributed by atoms with van der Waals surface area (Å²) in [5, 5.41) is 11.4. The average molecular weight is 270 g/mol. The van der Waals surface area contributed by atoms with Gasteiger partial charge in [-0.3, -0.25) is 4.79 Å². The molecule has 0 fully saturated rings. The van der Waals surface area contributed by atoms with E-state index in [1.165, 1.54) is 6.08 Å². The summed E-state index contributed by atoms with van der Waals surface area (Å²) in [4.78, 5) is 11.5. The van der Waals surface area contributed by atoms with Crippen molar-refractivity contribution in [3.05, 3.63) is 53.6 Å². The molecule has 1 aromatic carbocycles. The van der Waals surface area contributed by atoms with Gasteiger partial charge >= 0.3 is 0 Å². The van der Waals surface area contributed by atoms with Gasteiger partial charge in [0.1, 0.15) is 0 Å². The molecule has 1 rings (SSSR count). The van der Waals surface area contributed by atoms with Crippen LogP contribution in [0.25, 0.3) is 6.08 Å². The number of carbonyl (C=O) groups excluding carboxylic acids is 1. The molecule has 1 aromatic rings. The lowest BCUT2D eigenvalue weighted by Crippen LogP contribution is -2.25. The molecule has 0 aromatic heterocycles. The number of rotatable bonds is 7. The molecule has 20 heavy (non-hydrogen) atoms. The molecule has 0 spiro atoms. The molecular formula is C16H18N2O2. The van der Waals surface area contributed by atoms with Crippen molar-refractivity contribution in [1.29, 1.82) is 5.26 Å². The number of ether oxygens (including phenoxy) is 1. The first-order chi connectivity index (χ1) is 9.61. The summed E-state index contributed by atoms with van der Waals surface area (Å²) >= 11 is 0. The highest BCUT2D eigenvalue weighted by molar-refractivity contribution is 5.91. The Morgan fingerprint density at radius 2 is 2.15 bits per heavy atom. The minimum absolute atomic E-state index is 0.173. The lowest BCUT2D eigenvalue weighted by Gasteiger charge is -2.04.